The van der Waals surface area contributed by atoms with Crippen molar-refractivity contribution in [2.24, 2.45) is 0 Å². The molecule has 0 saturated heterocycles. The molecule has 1 aromatic heterocycles. The normalized spacial score (nSPS) is 10.4. The topological polar surface area (TPSA) is 46.9 Å². The lowest BCUT2D eigenvalue weighted by Crippen LogP contribution is -2.23. The third kappa shape index (κ3) is 3.71. The van der Waals surface area contributed by atoms with Crippen LogP contribution >= 0.6 is 27.5 Å². The van der Waals surface area contributed by atoms with Crippen molar-refractivity contribution in [3.05, 3.63) is 68.3 Å². The van der Waals surface area contributed by atoms with Crippen LogP contribution in [0.1, 0.15) is 5.56 Å². The first-order valence-electron chi connectivity index (χ1n) is 6.07. The Hall–Kier alpha value is -1.66. The highest BCUT2D eigenvalue weighted by Gasteiger charge is 2.08. The van der Waals surface area contributed by atoms with Gasteiger partial charge in [-0.05, 0) is 33.6 Å². The van der Waals surface area contributed by atoms with Gasteiger partial charge in [-0.1, -0.05) is 23.7 Å². The fraction of sp³-hybridized carbons (Fsp3) is 0.143. The summed E-state index contributed by atoms with van der Waals surface area (Å²) in [5, 5.41) is 7.15. The van der Waals surface area contributed by atoms with E-state index < -0.39 is 5.82 Å². The predicted octanol–water partition coefficient (Wildman–Crippen LogP) is 3.60. The van der Waals surface area contributed by atoms with Crippen molar-refractivity contribution in [2.75, 3.05) is 5.32 Å². The molecule has 1 aromatic carbocycles. The lowest BCUT2D eigenvalue weighted by molar-refractivity contribution is 0.627. The molecule has 4 nitrogen and oxygen atoms in total. The SMILES string of the molecule is C=CCn1ncc(NCc2ccc(F)c(Cl)c2)c(Br)c1=O. The molecule has 0 amide bonds. The summed E-state index contributed by atoms with van der Waals surface area (Å²) in [6.45, 7) is 4.30. The summed E-state index contributed by atoms with van der Waals surface area (Å²) in [5.41, 5.74) is 1.10. The van der Waals surface area contributed by atoms with Gasteiger partial charge in [-0.25, -0.2) is 9.07 Å². The minimum Gasteiger partial charge on any atom is -0.379 e. The van der Waals surface area contributed by atoms with Crippen LogP contribution in [0, 0.1) is 5.82 Å². The number of anilines is 1. The molecular weight excluding hydrogens is 361 g/mol. The van der Waals surface area contributed by atoms with E-state index in [-0.39, 0.29) is 10.6 Å². The average molecular weight is 373 g/mol. The molecule has 0 radical (unpaired) electrons. The number of nitrogens with one attached hydrogen (secondary N) is 1. The van der Waals surface area contributed by atoms with E-state index in [9.17, 15) is 9.18 Å². The molecule has 110 valence electrons. The molecule has 1 N–H and O–H groups in total. The Morgan fingerprint density at radius 1 is 1.52 bits per heavy atom. The van der Waals surface area contributed by atoms with Gasteiger partial charge in [-0.2, -0.15) is 5.10 Å². The van der Waals surface area contributed by atoms with Crippen LogP contribution in [-0.2, 0) is 13.1 Å². The molecular formula is C14H12BrClFN3O. The van der Waals surface area contributed by atoms with Crippen molar-refractivity contribution in [3.63, 3.8) is 0 Å². The van der Waals surface area contributed by atoms with Crippen LogP contribution in [0.15, 0.2) is 46.3 Å². The number of rotatable bonds is 5. The van der Waals surface area contributed by atoms with Crippen LogP contribution in [0.25, 0.3) is 0 Å². The number of aromatic nitrogens is 2. The molecule has 0 aliphatic carbocycles. The second kappa shape index (κ2) is 6.87. The van der Waals surface area contributed by atoms with Crippen LogP contribution in [0.3, 0.4) is 0 Å². The lowest BCUT2D eigenvalue weighted by atomic mass is 10.2. The Morgan fingerprint density at radius 2 is 2.29 bits per heavy atom. The molecule has 7 heteroatoms. The molecule has 0 aliphatic rings. The molecule has 2 aromatic rings. The van der Waals surface area contributed by atoms with E-state index in [0.29, 0.717) is 23.2 Å². The molecule has 0 saturated carbocycles. The van der Waals surface area contributed by atoms with Crippen molar-refractivity contribution in [1.82, 2.24) is 9.78 Å². The minimum atomic E-state index is -0.463. The Labute approximate surface area is 134 Å². The third-order valence-corrected chi connectivity index (χ3v) is 3.81. The highest BCUT2D eigenvalue weighted by Crippen LogP contribution is 2.19. The van der Waals surface area contributed by atoms with Gasteiger partial charge in [-0.15, -0.1) is 6.58 Å². The highest BCUT2D eigenvalue weighted by molar-refractivity contribution is 9.10. The van der Waals surface area contributed by atoms with Crippen molar-refractivity contribution in [2.45, 2.75) is 13.1 Å². The number of halogens is 3. The maximum absolute atomic E-state index is 13.1. The monoisotopic (exact) mass is 371 g/mol. The second-order valence-electron chi connectivity index (χ2n) is 4.25. The van der Waals surface area contributed by atoms with Crippen LogP contribution in [0.4, 0.5) is 10.1 Å². The summed E-state index contributed by atoms with van der Waals surface area (Å²) in [5.74, 6) is -0.463. The molecule has 0 atom stereocenters. The van der Waals surface area contributed by atoms with Gasteiger partial charge in [0, 0.05) is 6.54 Å². The number of benzene rings is 1. The molecule has 21 heavy (non-hydrogen) atoms. The van der Waals surface area contributed by atoms with E-state index in [2.05, 4.69) is 32.9 Å². The van der Waals surface area contributed by atoms with Crippen molar-refractivity contribution in [3.8, 4) is 0 Å². The first-order valence-corrected chi connectivity index (χ1v) is 7.24. The summed E-state index contributed by atoms with van der Waals surface area (Å²) in [6, 6.07) is 4.45. The average Bonchev–Trinajstić information content (AvgIpc) is 2.47. The fourth-order valence-corrected chi connectivity index (χ4v) is 2.34. The Bertz CT molecular complexity index is 733. The van der Waals surface area contributed by atoms with Crippen molar-refractivity contribution >= 4 is 33.2 Å². The molecule has 0 aliphatic heterocycles. The molecule has 0 bridgehead atoms. The number of nitrogens with zero attached hydrogens (tertiary/aromatic N) is 2. The smallest absolute Gasteiger partial charge is 0.283 e. The zero-order valence-corrected chi connectivity index (χ0v) is 13.3. The first-order chi connectivity index (χ1) is 10.0. The third-order valence-electron chi connectivity index (χ3n) is 2.75. The summed E-state index contributed by atoms with van der Waals surface area (Å²) in [6.07, 6.45) is 3.13. The van der Waals surface area contributed by atoms with Gasteiger partial charge in [-0.3, -0.25) is 4.79 Å². The maximum Gasteiger partial charge on any atom is 0.283 e. The van der Waals surface area contributed by atoms with Gasteiger partial charge in [0.15, 0.2) is 0 Å². The van der Waals surface area contributed by atoms with Gasteiger partial charge in [0.05, 0.1) is 23.5 Å². The van der Waals surface area contributed by atoms with Gasteiger partial charge in [0.1, 0.15) is 10.3 Å². The van der Waals surface area contributed by atoms with Crippen molar-refractivity contribution in [1.29, 1.82) is 0 Å². The van der Waals surface area contributed by atoms with Gasteiger partial charge >= 0.3 is 0 Å². The van der Waals surface area contributed by atoms with E-state index in [0.717, 1.165) is 5.56 Å². The van der Waals surface area contributed by atoms with E-state index in [4.69, 9.17) is 11.6 Å². The number of hydrogen-bond donors (Lipinski definition) is 1. The van der Waals surface area contributed by atoms with Crippen LogP contribution in [0.2, 0.25) is 5.02 Å². The van der Waals surface area contributed by atoms with Crippen LogP contribution in [0.5, 0.6) is 0 Å². The van der Waals surface area contributed by atoms with E-state index in [1.54, 1.807) is 18.3 Å². The Morgan fingerprint density at radius 3 is 2.95 bits per heavy atom. The quantitative estimate of drug-likeness (QED) is 0.816. The summed E-state index contributed by atoms with van der Waals surface area (Å²) < 4.78 is 14.7. The maximum atomic E-state index is 13.1. The summed E-state index contributed by atoms with van der Waals surface area (Å²) in [4.78, 5) is 12.0. The molecule has 0 fully saturated rings. The molecule has 1 heterocycles. The Balaban J connectivity index is 2.16. The van der Waals surface area contributed by atoms with E-state index in [1.807, 2.05) is 0 Å². The highest BCUT2D eigenvalue weighted by atomic mass is 79.9. The standard InChI is InChI=1S/C14H12BrClFN3O/c1-2-5-20-14(21)13(15)12(8-19-20)18-7-9-3-4-11(17)10(16)6-9/h2-4,6,8,18H,1,5,7H2. The summed E-state index contributed by atoms with van der Waals surface area (Å²) in [7, 11) is 0. The summed E-state index contributed by atoms with van der Waals surface area (Å²) >= 11 is 8.96. The van der Waals surface area contributed by atoms with Gasteiger partial charge in [0.2, 0.25) is 0 Å². The second-order valence-corrected chi connectivity index (χ2v) is 5.45. The molecule has 0 spiro atoms. The Kier molecular flexibility index (Phi) is 5.14. The largest absolute Gasteiger partial charge is 0.379 e. The fourth-order valence-electron chi connectivity index (χ4n) is 1.69. The predicted molar refractivity (Wildman–Crippen MR) is 85.1 cm³/mol. The number of hydrogen-bond acceptors (Lipinski definition) is 3. The van der Waals surface area contributed by atoms with Crippen LogP contribution < -0.4 is 10.9 Å². The van der Waals surface area contributed by atoms with Crippen molar-refractivity contribution < 1.29 is 4.39 Å². The lowest BCUT2D eigenvalue weighted by Gasteiger charge is -2.10. The number of allylic oxidation sites excluding steroid dienone is 1. The zero-order valence-electron chi connectivity index (χ0n) is 10.9. The molecule has 0 unspecified atom stereocenters. The van der Waals surface area contributed by atoms with Crippen LogP contribution in [-0.4, -0.2) is 9.78 Å². The molecule has 2 rings (SSSR count). The van der Waals surface area contributed by atoms with E-state index in [1.165, 1.54) is 16.8 Å². The van der Waals surface area contributed by atoms with Gasteiger partial charge in [0.25, 0.3) is 5.56 Å². The van der Waals surface area contributed by atoms with Gasteiger partial charge < -0.3 is 5.32 Å². The van der Waals surface area contributed by atoms with E-state index >= 15 is 0 Å². The first kappa shape index (κ1) is 15.7. The minimum absolute atomic E-state index is 0.0629. The zero-order chi connectivity index (χ0) is 15.4.